The van der Waals surface area contributed by atoms with Gasteiger partial charge >= 0.3 is 0 Å². The second kappa shape index (κ2) is 7.67. The van der Waals surface area contributed by atoms with Crippen molar-refractivity contribution in [3.8, 4) is 0 Å². The molecule has 1 nitrogen and oxygen atoms in total. The molecule has 0 amide bonds. The first-order valence-electron chi connectivity index (χ1n) is 8.88. The Balaban J connectivity index is 1.96. The summed E-state index contributed by atoms with van der Waals surface area (Å²) in [6.07, 6.45) is 14.7. The van der Waals surface area contributed by atoms with E-state index in [0.717, 1.165) is 29.7 Å². The van der Waals surface area contributed by atoms with Crippen molar-refractivity contribution in [1.29, 1.82) is 0 Å². The van der Waals surface area contributed by atoms with Gasteiger partial charge in [0.2, 0.25) is 0 Å². The monoisotopic (exact) mass is 265 g/mol. The molecule has 3 atom stereocenters. The third kappa shape index (κ3) is 4.48. The van der Waals surface area contributed by atoms with Crippen LogP contribution >= 0.6 is 0 Å². The van der Waals surface area contributed by atoms with E-state index in [1.165, 1.54) is 64.2 Å². The van der Waals surface area contributed by atoms with Crippen LogP contribution in [0, 0.1) is 23.7 Å². The zero-order valence-corrected chi connectivity index (χ0v) is 13.5. The van der Waals surface area contributed by atoms with E-state index in [-0.39, 0.29) is 0 Å². The summed E-state index contributed by atoms with van der Waals surface area (Å²) < 4.78 is 0. The Morgan fingerprint density at radius 2 is 1.26 bits per heavy atom. The lowest BCUT2D eigenvalue weighted by Gasteiger charge is -2.40. The minimum Gasteiger partial charge on any atom is -0.316 e. The third-order valence-electron chi connectivity index (χ3n) is 5.71. The lowest BCUT2D eigenvalue weighted by molar-refractivity contribution is 0.135. The highest BCUT2D eigenvalue weighted by Crippen LogP contribution is 2.38. The van der Waals surface area contributed by atoms with Crippen molar-refractivity contribution in [1.82, 2.24) is 5.32 Å². The second-order valence-electron chi connectivity index (χ2n) is 7.60. The number of hydrogen-bond acceptors (Lipinski definition) is 1. The maximum Gasteiger partial charge on any atom is 0.0121 e. The molecule has 0 aliphatic heterocycles. The summed E-state index contributed by atoms with van der Waals surface area (Å²) >= 11 is 0. The van der Waals surface area contributed by atoms with Gasteiger partial charge in [-0.25, -0.2) is 0 Å². The predicted octanol–water partition coefficient (Wildman–Crippen LogP) is 5.01. The fourth-order valence-corrected chi connectivity index (χ4v) is 5.01. The predicted molar refractivity (Wildman–Crippen MR) is 84.3 cm³/mol. The fraction of sp³-hybridized carbons (Fsp3) is 1.00. The van der Waals surface area contributed by atoms with Gasteiger partial charge in [0.05, 0.1) is 0 Å². The van der Waals surface area contributed by atoms with Gasteiger partial charge in [0.1, 0.15) is 0 Å². The first kappa shape index (κ1) is 15.4. The van der Waals surface area contributed by atoms with Crippen LogP contribution in [0.25, 0.3) is 0 Å². The van der Waals surface area contributed by atoms with Crippen molar-refractivity contribution in [2.24, 2.45) is 23.7 Å². The number of hydrogen-bond donors (Lipinski definition) is 1. The van der Waals surface area contributed by atoms with E-state index in [1.807, 2.05) is 0 Å². The van der Waals surface area contributed by atoms with Gasteiger partial charge in [-0.2, -0.15) is 0 Å². The van der Waals surface area contributed by atoms with Crippen molar-refractivity contribution >= 4 is 0 Å². The highest BCUT2D eigenvalue weighted by molar-refractivity contribution is 4.87. The maximum absolute atomic E-state index is 3.73. The summed E-state index contributed by atoms with van der Waals surface area (Å²) in [5.41, 5.74) is 0. The average Bonchev–Trinajstić information content (AvgIpc) is 2.31. The average molecular weight is 265 g/mol. The Bertz CT molecular complexity index is 232. The largest absolute Gasteiger partial charge is 0.316 e. The van der Waals surface area contributed by atoms with Crippen LogP contribution in [0.15, 0.2) is 0 Å². The van der Waals surface area contributed by atoms with Crippen LogP contribution in [0.4, 0.5) is 0 Å². The Labute approximate surface area is 120 Å². The van der Waals surface area contributed by atoms with Gasteiger partial charge in [-0.05, 0) is 62.8 Å². The molecule has 2 aliphatic carbocycles. The number of nitrogens with one attached hydrogen (secondary N) is 1. The van der Waals surface area contributed by atoms with E-state index in [1.54, 1.807) is 0 Å². The molecule has 2 saturated carbocycles. The van der Waals surface area contributed by atoms with E-state index in [2.05, 4.69) is 26.2 Å². The van der Waals surface area contributed by atoms with Gasteiger partial charge in [-0.3, -0.25) is 0 Å². The molecule has 0 spiro atoms. The molecule has 0 radical (unpaired) electrons. The standard InChI is InChI=1S/C18H35N/c1-14-11-15(2)13-17(12-14)18(19-3)16-9-7-5-4-6-8-10-16/h14-19H,4-13H2,1-3H3. The summed E-state index contributed by atoms with van der Waals surface area (Å²) in [5, 5.41) is 3.73. The van der Waals surface area contributed by atoms with Gasteiger partial charge in [0.25, 0.3) is 0 Å². The fourth-order valence-electron chi connectivity index (χ4n) is 5.01. The van der Waals surface area contributed by atoms with Crippen LogP contribution in [0.5, 0.6) is 0 Å². The molecule has 19 heavy (non-hydrogen) atoms. The van der Waals surface area contributed by atoms with Crippen molar-refractivity contribution in [3.63, 3.8) is 0 Å². The lowest BCUT2D eigenvalue weighted by atomic mass is 9.69. The Hall–Kier alpha value is -0.0400. The zero-order valence-electron chi connectivity index (χ0n) is 13.5. The van der Waals surface area contributed by atoms with E-state index in [9.17, 15) is 0 Å². The first-order valence-corrected chi connectivity index (χ1v) is 8.88. The van der Waals surface area contributed by atoms with Crippen LogP contribution in [0.3, 0.4) is 0 Å². The molecule has 2 aliphatic rings. The van der Waals surface area contributed by atoms with Gasteiger partial charge in [-0.1, -0.05) is 46.0 Å². The molecule has 0 aromatic rings. The van der Waals surface area contributed by atoms with Crippen LogP contribution < -0.4 is 5.32 Å². The molecule has 0 bridgehead atoms. The van der Waals surface area contributed by atoms with E-state index in [0.29, 0.717) is 0 Å². The van der Waals surface area contributed by atoms with Gasteiger partial charge in [-0.15, -0.1) is 0 Å². The minimum absolute atomic E-state index is 0.795. The van der Waals surface area contributed by atoms with Gasteiger partial charge in [0.15, 0.2) is 0 Å². The molecule has 1 heteroatoms. The summed E-state index contributed by atoms with van der Waals surface area (Å²) in [7, 11) is 2.22. The topological polar surface area (TPSA) is 12.0 Å². The summed E-state index contributed by atoms with van der Waals surface area (Å²) in [6.45, 7) is 4.93. The molecule has 3 unspecified atom stereocenters. The summed E-state index contributed by atoms with van der Waals surface area (Å²) in [5.74, 6) is 3.78. The summed E-state index contributed by atoms with van der Waals surface area (Å²) in [4.78, 5) is 0. The van der Waals surface area contributed by atoms with Crippen LogP contribution in [0.2, 0.25) is 0 Å². The minimum atomic E-state index is 0.795. The molecule has 0 saturated heterocycles. The van der Waals surface area contributed by atoms with Crippen LogP contribution in [0.1, 0.15) is 78.1 Å². The van der Waals surface area contributed by atoms with Crippen LogP contribution in [-0.4, -0.2) is 13.1 Å². The molecule has 112 valence electrons. The van der Waals surface area contributed by atoms with Crippen LogP contribution in [-0.2, 0) is 0 Å². The van der Waals surface area contributed by atoms with Gasteiger partial charge < -0.3 is 5.32 Å². The Morgan fingerprint density at radius 1 is 0.737 bits per heavy atom. The highest BCUT2D eigenvalue weighted by atomic mass is 14.9. The Kier molecular flexibility index (Phi) is 6.19. The molecule has 1 N–H and O–H groups in total. The Morgan fingerprint density at radius 3 is 1.79 bits per heavy atom. The maximum atomic E-state index is 3.73. The number of rotatable bonds is 3. The second-order valence-corrected chi connectivity index (χ2v) is 7.60. The first-order chi connectivity index (χ1) is 9.20. The molecule has 0 heterocycles. The normalized spacial score (nSPS) is 36.5. The smallest absolute Gasteiger partial charge is 0.0121 e. The molecule has 2 fully saturated rings. The third-order valence-corrected chi connectivity index (χ3v) is 5.71. The molecular weight excluding hydrogens is 230 g/mol. The van der Waals surface area contributed by atoms with Crippen molar-refractivity contribution < 1.29 is 0 Å². The SMILES string of the molecule is CNC(C1CCCCCCC1)C1CC(C)CC(C)C1. The molecular formula is C18H35N. The summed E-state index contributed by atoms with van der Waals surface area (Å²) in [6, 6.07) is 0.795. The van der Waals surface area contributed by atoms with Crippen molar-refractivity contribution in [2.75, 3.05) is 7.05 Å². The zero-order chi connectivity index (χ0) is 13.7. The van der Waals surface area contributed by atoms with E-state index in [4.69, 9.17) is 0 Å². The molecule has 0 aromatic heterocycles. The van der Waals surface area contributed by atoms with E-state index >= 15 is 0 Å². The van der Waals surface area contributed by atoms with Crippen molar-refractivity contribution in [3.05, 3.63) is 0 Å². The molecule has 0 aromatic carbocycles. The van der Waals surface area contributed by atoms with E-state index < -0.39 is 0 Å². The lowest BCUT2D eigenvalue weighted by Crippen LogP contribution is -2.43. The molecule has 2 rings (SSSR count). The van der Waals surface area contributed by atoms with Crippen molar-refractivity contribution in [2.45, 2.75) is 84.1 Å². The van der Waals surface area contributed by atoms with Gasteiger partial charge in [0, 0.05) is 6.04 Å². The quantitative estimate of drug-likeness (QED) is 0.756. The highest BCUT2D eigenvalue weighted by Gasteiger charge is 2.33.